The first-order valence-corrected chi connectivity index (χ1v) is 6.89. The largest absolute Gasteiger partial charge is 0.434 e. The third-order valence-corrected chi connectivity index (χ3v) is 3.43. The maximum absolute atomic E-state index is 13.0. The van der Waals surface area contributed by atoms with Crippen LogP contribution < -0.4 is 0 Å². The van der Waals surface area contributed by atoms with Gasteiger partial charge in [0.25, 0.3) is 0 Å². The van der Waals surface area contributed by atoms with E-state index in [-0.39, 0.29) is 12.1 Å². The molecule has 0 fully saturated rings. The number of aromatic nitrogens is 1. The average Bonchev–Trinajstić information content (AvgIpc) is 2.40. The van der Waals surface area contributed by atoms with E-state index in [2.05, 4.69) is 20.9 Å². The van der Waals surface area contributed by atoms with Crippen LogP contribution in [-0.2, 0) is 12.6 Å². The lowest BCUT2D eigenvalue weighted by Gasteiger charge is -2.12. The molecule has 110 valence electrons. The van der Waals surface area contributed by atoms with Crippen LogP contribution in [0.1, 0.15) is 34.2 Å². The molecule has 0 aliphatic heterocycles. The third kappa shape index (κ3) is 3.91. The standard InChI is InChI=1S/C15H11BrF3NO/c1-9(21)13-7-6-12(20-14(13)15(17,18)19)8-10-2-4-11(16)5-3-10/h2-7H,8H2,1H3. The summed E-state index contributed by atoms with van der Waals surface area (Å²) in [6.07, 6.45) is -4.37. The van der Waals surface area contributed by atoms with E-state index in [1.807, 2.05) is 12.1 Å². The molecule has 0 saturated heterocycles. The van der Waals surface area contributed by atoms with Crippen molar-refractivity contribution >= 4 is 21.7 Å². The van der Waals surface area contributed by atoms with E-state index >= 15 is 0 Å². The maximum atomic E-state index is 13.0. The number of alkyl halides is 3. The summed E-state index contributed by atoms with van der Waals surface area (Å²) >= 11 is 3.29. The molecule has 1 aromatic carbocycles. The lowest BCUT2D eigenvalue weighted by Crippen LogP contribution is -2.15. The van der Waals surface area contributed by atoms with Crippen molar-refractivity contribution in [3.63, 3.8) is 0 Å². The van der Waals surface area contributed by atoms with Gasteiger partial charge < -0.3 is 0 Å². The van der Waals surface area contributed by atoms with Crippen LogP contribution >= 0.6 is 15.9 Å². The van der Waals surface area contributed by atoms with Gasteiger partial charge in [-0.05, 0) is 36.8 Å². The Morgan fingerprint density at radius 2 is 1.76 bits per heavy atom. The van der Waals surface area contributed by atoms with Gasteiger partial charge in [0, 0.05) is 22.2 Å². The molecule has 0 amide bonds. The molecule has 0 saturated carbocycles. The highest BCUT2D eigenvalue weighted by atomic mass is 79.9. The number of carbonyl (C=O) groups is 1. The number of pyridine rings is 1. The fourth-order valence-electron chi connectivity index (χ4n) is 1.91. The summed E-state index contributed by atoms with van der Waals surface area (Å²) in [5, 5.41) is 0. The zero-order valence-corrected chi connectivity index (χ0v) is 12.6. The van der Waals surface area contributed by atoms with Crippen molar-refractivity contribution in [2.24, 2.45) is 0 Å². The van der Waals surface area contributed by atoms with Crippen molar-refractivity contribution in [3.8, 4) is 0 Å². The molecule has 0 aliphatic rings. The normalized spacial score (nSPS) is 11.5. The van der Waals surface area contributed by atoms with Crippen molar-refractivity contribution in [1.29, 1.82) is 0 Å². The lowest BCUT2D eigenvalue weighted by atomic mass is 10.1. The minimum Gasteiger partial charge on any atom is -0.294 e. The van der Waals surface area contributed by atoms with E-state index in [1.165, 1.54) is 12.1 Å². The zero-order chi connectivity index (χ0) is 15.6. The Kier molecular flexibility index (Phi) is 4.46. The third-order valence-electron chi connectivity index (χ3n) is 2.90. The van der Waals surface area contributed by atoms with E-state index in [0.717, 1.165) is 17.0 Å². The highest BCUT2D eigenvalue weighted by molar-refractivity contribution is 9.10. The molecule has 0 spiro atoms. The fraction of sp³-hybridized carbons (Fsp3) is 0.200. The molecular weight excluding hydrogens is 347 g/mol. The van der Waals surface area contributed by atoms with Gasteiger partial charge in [0.2, 0.25) is 0 Å². The summed E-state index contributed by atoms with van der Waals surface area (Å²) in [5.41, 5.74) is -0.407. The van der Waals surface area contributed by atoms with E-state index in [0.29, 0.717) is 0 Å². The summed E-state index contributed by atoms with van der Waals surface area (Å²) in [6.45, 7) is 1.10. The van der Waals surface area contributed by atoms with Gasteiger partial charge >= 0.3 is 6.18 Å². The minimum atomic E-state index is -4.64. The van der Waals surface area contributed by atoms with Crippen LogP contribution in [0, 0.1) is 0 Å². The van der Waals surface area contributed by atoms with Crippen molar-refractivity contribution < 1.29 is 18.0 Å². The Labute approximate surface area is 128 Å². The molecule has 0 N–H and O–H groups in total. The van der Waals surface area contributed by atoms with Gasteiger partial charge in [0.15, 0.2) is 11.5 Å². The number of rotatable bonds is 3. The van der Waals surface area contributed by atoms with Crippen LogP contribution in [0.15, 0.2) is 40.9 Å². The minimum absolute atomic E-state index is 0.272. The number of halogens is 4. The average molecular weight is 358 g/mol. The summed E-state index contributed by atoms with van der Waals surface area (Å²) < 4.78 is 39.8. The smallest absolute Gasteiger partial charge is 0.294 e. The van der Waals surface area contributed by atoms with Crippen LogP contribution in [0.25, 0.3) is 0 Å². The highest BCUT2D eigenvalue weighted by Crippen LogP contribution is 2.31. The second-order valence-electron chi connectivity index (χ2n) is 4.56. The molecule has 6 heteroatoms. The van der Waals surface area contributed by atoms with Crippen molar-refractivity contribution in [2.45, 2.75) is 19.5 Å². The summed E-state index contributed by atoms with van der Waals surface area (Å²) in [5.74, 6) is -0.648. The molecule has 0 radical (unpaired) electrons. The number of Topliss-reactive ketones (excluding diaryl/α,β-unsaturated/α-hetero) is 1. The summed E-state index contributed by atoms with van der Waals surface area (Å²) in [6, 6.07) is 9.87. The van der Waals surface area contributed by atoms with Gasteiger partial charge in [-0.1, -0.05) is 28.1 Å². The van der Waals surface area contributed by atoms with Gasteiger partial charge in [0.05, 0.1) is 0 Å². The molecule has 21 heavy (non-hydrogen) atoms. The van der Waals surface area contributed by atoms with Gasteiger partial charge in [0.1, 0.15) is 0 Å². The van der Waals surface area contributed by atoms with Crippen molar-refractivity contribution in [3.05, 3.63) is 63.4 Å². The molecule has 0 unspecified atom stereocenters. The Hall–Kier alpha value is -1.69. The number of hydrogen-bond donors (Lipinski definition) is 0. The van der Waals surface area contributed by atoms with Gasteiger partial charge in [-0.15, -0.1) is 0 Å². The number of benzene rings is 1. The second kappa shape index (κ2) is 5.97. The second-order valence-corrected chi connectivity index (χ2v) is 5.47. The Balaban J connectivity index is 2.38. The monoisotopic (exact) mass is 357 g/mol. The topological polar surface area (TPSA) is 30.0 Å². The number of carbonyl (C=O) groups excluding carboxylic acids is 1. The van der Waals surface area contributed by atoms with Crippen molar-refractivity contribution in [2.75, 3.05) is 0 Å². The molecular formula is C15H11BrF3NO. The first-order chi connectivity index (χ1) is 9.77. The molecule has 2 aromatic rings. The molecule has 2 nitrogen and oxygen atoms in total. The number of nitrogens with zero attached hydrogens (tertiary/aromatic N) is 1. The molecule has 0 atom stereocenters. The summed E-state index contributed by atoms with van der Waals surface area (Å²) in [7, 11) is 0. The van der Waals surface area contributed by atoms with Gasteiger partial charge in [-0.2, -0.15) is 13.2 Å². The van der Waals surface area contributed by atoms with E-state index in [9.17, 15) is 18.0 Å². The molecule has 0 bridgehead atoms. The van der Waals surface area contributed by atoms with Crippen LogP contribution in [0.2, 0.25) is 0 Å². The van der Waals surface area contributed by atoms with E-state index in [4.69, 9.17) is 0 Å². The zero-order valence-electron chi connectivity index (χ0n) is 11.0. The molecule has 2 rings (SSSR count). The van der Waals surface area contributed by atoms with Crippen LogP contribution in [-0.4, -0.2) is 10.8 Å². The van der Waals surface area contributed by atoms with Gasteiger partial charge in [-0.3, -0.25) is 4.79 Å². The first kappa shape index (κ1) is 15.7. The maximum Gasteiger partial charge on any atom is 0.434 e. The Morgan fingerprint density at radius 1 is 1.14 bits per heavy atom. The highest BCUT2D eigenvalue weighted by Gasteiger charge is 2.36. The first-order valence-electron chi connectivity index (χ1n) is 6.10. The van der Waals surface area contributed by atoms with Gasteiger partial charge in [-0.25, -0.2) is 4.98 Å². The van der Waals surface area contributed by atoms with Crippen LogP contribution in [0.4, 0.5) is 13.2 Å². The lowest BCUT2D eigenvalue weighted by molar-refractivity contribution is -0.141. The summed E-state index contributed by atoms with van der Waals surface area (Å²) in [4.78, 5) is 14.9. The van der Waals surface area contributed by atoms with E-state index < -0.39 is 23.2 Å². The Morgan fingerprint density at radius 3 is 2.29 bits per heavy atom. The predicted octanol–water partition coefficient (Wildman–Crippen LogP) is 4.66. The molecule has 1 aromatic heterocycles. The quantitative estimate of drug-likeness (QED) is 0.748. The molecule has 1 heterocycles. The number of ketones is 1. The number of hydrogen-bond acceptors (Lipinski definition) is 2. The fourth-order valence-corrected chi connectivity index (χ4v) is 2.17. The van der Waals surface area contributed by atoms with E-state index in [1.54, 1.807) is 12.1 Å². The van der Waals surface area contributed by atoms with Crippen LogP contribution in [0.5, 0.6) is 0 Å². The van der Waals surface area contributed by atoms with Crippen molar-refractivity contribution in [1.82, 2.24) is 4.98 Å². The Bertz CT molecular complexity index is 666. The predicted molar refractivity (Wildman–Crippen MR) is 76.2 cm³/mol. The SMILES string of the molecule is CC(=O)c1ccc(Cc2ccc(Br)cc2)nc1C(F)(F)F. The van der Waals surface area contributed by atoms with Crippen LogP contribution in [0.3, 0.4) is 0 Å². The molecule has 0 aliphatic carbocycles.